The van der Waals surface area contributed by atoms with Crippen molar-refractivity contribution >= 4 is 23.1 Å². The fourth-order valence-corrected chi connectivity index (χ4v) is 4.90. The first-order valence-corrected chi connectivity index (χ1v) is 13.1. The van der Waals surface area contributed by atoms with E-state index in [1.165, 1.54) is 25.4 Å². The number of carbonyl (C=O) groups excluding carboxylic acids is 1. The molecule has 0 spiro atoms. The summed E-state index contributed by atoms with van der Waals surface area (Å²) in [5.74, 6) is -1.77. The Bertz CT molecular complexity index is 1530. The molecule has 0 bridgehead atoms. The van der Waals surface area contributed by atoms with E-state index < -0.39 is 11.6 Å². The molecule has 0 radical (unpaired) electrons. The largest absolute Gasteiger partial charge is 0.494 e. The zero-order valence-corrected chi connectivity index (χ0v) is 23.1. The van der Waals surface area contributed by atoms with Gasteiger partial charge in [-0.1, -0.05) is 0 Å². The Morgan fingerprint density at radius 1 is 1.07 bits per heavy atom. The van der Waals surface area contributed by atoms with Gasteiger partial charge in [0.15, 0.2) is 23.0 Å². The van der Waals surface area contributed by atoms with Gasteiger partial charge in [-0.15, -0.1) is 0 Å². The maximum Gasteiger partial charge on any atom is 0.254 e. The Morgan fingerprint density at radius 3 is 2.55 bits per heavy atom. The number of nitrogens with one attached hydrogen (secondary N) is 1. The molecule has 9 nitrogen and oxygen atoms in total. The molecule has 3 heterocycles. The van der Waals surface area contributed by atoms with Gasteiger partial charge in [0.05, 0.1) is 19.0 Å². The number of anilines is 2. The van der Waals surface area contributed by atoms with Crippen LogP contribution in [0.3, 0.4) is 0 Å². The van der Waals surface area contributed by atoms with Crippen molar-refractivity contribution in [3.63, 3.8) is 0 Å². The Kier molecular flexibility index (Phi) is 7.95. The highest BCUT2D eigenvalue weighted by atomic mass is 19.2. The zero-order valence-electron chi connectivity index (χ0n) is 23.1. The third-order valence-electron chi connectivity index (χ3n) is 7.21. The van der Waals surface area contributed by atoms with Crippen LogP contribution in [-0.4, -0.2) is 95.4 Å². The molecule has 0 saturated carbocycles. The highest BCUT2D eigenvalue weighted by molar-refractivity contribution is 5.96. The molecular weight excluding hydrogens is 516 g/mol. The van der Waals surface area contributed by atoms with Crippen LogP contribution in [-0.2, 0) is 0 Å². The second-order valence-corrected chi connectivity index (χ2v) is 10.1. The van der Waals surface area contributed by atoms with Crippen molar-refractivity contribution in [3.8, 4) is 17.0 Å². The van der Waals surface area contributed by atoms with E-state index in [0.717, 1.165) is 37.4 Å². The average Bonchev–Trinajstić information content (AvgIpc) is 3.38. The number of likely N-dealkylation sites (N-methyl/N-ethyl adjacent to an activating group) is 1. The monoisotopic (exact) mass is 549 g/mol. The van der Waals surface area contributed by atoms with Crippen LogP contribution in [0.4, 0.5) is 20.3 Å². The Balaban J connectivity index is 1.32. The Hall–Kier alpha value is -4.09. The van der Waals surface area contributed by atoms with E-state index in [0.29, 0.717) is 35.8 Å². The maximum absolute atomic E-state index is 14.8. The van der Waals surface area contributed by atoms with Gasteiger partial charge >= 0.3 is 0 Å². The van der Waals surface area contributed by atoms with Gasteiger partial charge in [0, 0.05) is 68.5 Å². The number of aromatic nitrogens is 3. The lowest BCUT2D eigenvalue weighted by Crippen LogP contribution is -2.50. The number of carbonyl (C=O) groups is 1. The van der Waals surface area contributed by atoms with Gasteiger partial charge in [0.1, 0.15) is 0 Å². The topological polar surface area (TPSA) is 78.2 Å². The van der Waals surface area contributed by atoms with E-state index in [9.17, 15) is 13.6 Å². The summed E-state index contributed by atoms with van der Waals surface area (Å²) >= 11 is 0. The molecule has 2 aromatic carbocycles. The molecule has 0 aliphatic carbocycles. The lowest BCUT2D eigenvalue weighted by Gasteiger charge is -2.35. The number of hydrogen-bond donors (Lipinski definition) is 1. The van der Waals surface area contributed by atoms with Gasteiger partial charge in [-0.2, -0.15) is 4.39 Å². The lowest BCUT2D eigenvalue weighted by atomic mass is 10.1. The number of fused-ring (bicyclic) bond motifs is 1. The normalized spacial score (nSPS) is 14.2. The van der Waals surface area contributed by atoms with Crippen LogP contribution < -0.4 is 10.1 Å². The molecule has 0 atom stereocenters. The summed E-state index contributed by atoms with van der Waals surface area (Å²) in [7, 11) is 5.42. The molecule has 4 aromatic rings. The standard InChI is InChI=1S/C29H33F2N7O2/c1-19-17-20(5-6-21(19)29(39)37-15-13-36(14-16-37)12-11-35(2)3)34-27-28-33-18-23(38(28)10-9-32-27)22-7-8-24(40-4)26(31)25(22)30/h5-10,17-18H,11-16H2,1-4H3,(H,32,34). The van der Waals surface area contributed by atoms with Crippen LogP contribution in [0.15, 0.2) is 48.9 Å². The second kappa shape index (κ2) is 11.6. The smallest absolute Gasteiger partial charge is 0.254 e. The van der Waals surface area contributed by atoms with E-state index in [-0.39, 0.29) is 17.2 Å². The zero-order chi connectivity index (χ0) is 28.4. The van der Waals surface area contributed by atoms with Crippen molar-refractivity contribution in [1.82, 2.24) is 29.1 Å². The van der Waals surface area contributed by atoms with Gasteiger partial charge in [0.2, 0.25) is 5.82 Å². The van der Waals surface area contributed by atoms with E-state index in [4.69, 9.17) is 4.74 Å². The number of ether oxygens (including phenoxy) is 1. The number of hydrogen-bond acceptors (Lipinski definition) is 7. The molecule has 1 N–H and O–H groups in total. The van der Waals surface area contributed by atoms with Gasteiger partial charge < -0.3 is 19.9 Å². The fourth-order valence-electron chi connectivity index (χ4n) is 4.90. The summed E-state index contributed by atoms with van der Waals surface area (Å²) < 4.78 is 35.7. The second-order valence-electron chi connectivity index (χ2n) is 10.1. The summed E-state index contributed by atoms with van der Waals surface area (Å²) in [6, 6.07) is 8.39. The minimum Gasteiger partial charge on any atom is -0.494 e. The summed E-state index contributed by atoms with van der Waals surface area (Å²) in [4.78, 5) is 28.5. The number of aryl methyl sites for hydroxylation is 1. The van der Waals surface area contributed by atoms with Crippen LogP contribution in [0.25, 0.3) is 16.9 Å². The highest BCUT2D eigenvalue weighted by Gasteiger charge is 2.24. The van der Waals surface area contributed by atoms with Crippen LogP contribution in [0, 0.1) is 18.6 Å². The molecule has 5 rings (SSSR count). The molecule has 210 valence electrons. The number of methoxy groups -OCH3 is 1. The maximum atomic E-state index is 14.8. The third kappa shape index (κ3) is 5.47. The molecule has 1 amide bonds. The van der Waals surface area contributed by atoms with Gasteiger partial charge in [0.25, 0.3) is 5.91 Å². The molecular formula is C29H33F2N7O2. The minimum absolute atomic E-state index is 0.0307. The summed E-state index contributed by atoms with van der Waals surface area (Å²) in [5.41, 5.74) is 3.11. The number of piperazine rings is 1. The van der Waals surface area contributed by atoms with Crippen LogP contribution >= 0.6 is 0 Å². The number of halogens is 2. The van der Waals surface area contributed by atoms with Crippen LogP contribution in [0.5, 0.6) is 5.75 Å². The number of nitrogens with zero attached hydrogens (tertiary/aromatic N) is 6. The number of benzene rings is 2. The first-order chi connectivity index (χ1) is 19.3. The van der Waals surface area contributed by atoms with Crippen molar-refractivity contribution in [2.75, 3.05) is 65.8 Å². The van der Waals surface area contributed by atoms with Crippen molar-refractivity contribution in [2.24, 2.45) is 0 Å². The van der Waals surface area contributed by atoms with Crippen molar-refractivity contribution in [2.45, 2.75) is 6.92 Å². The van der Waals surface area contributed by atoms with Gasteiger partial charge in [-0.05, 0) is 56.9 Å². The van der Waals surface area contributed by atoms with Crippen molar-refractivity contribution in [1.29, 1.82) is 0 Å². The quantitative estimate of drug-likeness (QED) is 0.355. The van der Waals surface area contributed by atoms with E-state index >= 15 is 0 Å². The SMILES string of the molecule is COc1ccc(-c2cnc3c(Nc4ccc(C(=O)N5CCN(CCN(C)C)CC5)c(C)c4)nccn23)c(F)c1F. The van der Waals surface area contributed by atoms with E-state index in [1.54, 1.807) is 16.8 Å². The molecule has 0 unspecified atom stereocenters. The van der Waals surface area contributed by atoms with Gasteiger partial charge in [-0.25, -0.2) is 14.4 Å². The summed E-state index contributed by atoms with van der Waals surface area (Å²) in [6.07, 6.45) is 4.67. The fraction of sp³-hybridized carbons (Fsp3) is 0.345. The number of rotatable bonds is 8. The Morgan fingerprint density at radius 2 is 1.85 bits per heavy atom. The molecule has 11 heteroatoms. The molecule has 1 aliphatic heterocycles. The van der Waals surface area contributed by atoms with Crippen molar-refractivity contribution in [3.05, 3.63) is 71.7 Å². The van der Waals surface area contributed by atoms with Crippen LogP contribution in [0.1, 0.15) is 15.9 Å². The summed E-state index contributed by atoms with van der Waals surface area (Å²) in [5, 5.41) is 3.25. The van der Waals surface area contributed by atoms with E-state index in [1.807, 2.05) is 30.0 Å². The van der Waals surface area contributed by atoms with Crippen molar-refractivity contribution < 1.29 is 18.3 Å². The van der Waals surface area contributed by atoms with E-state index in [2.05, 4.69) is 39.2 Å². The van der Waals surface area contributed by atoms with Crippen LogP contribution in [0.2, 0.25) is 0 Å². The number of amides is 1. The third-order valence-corrected chi connectivity index (χ3v) is 7.21. The molecule has 2 aromatic heterocycles. The molecule has 1 fully saturated rings. The van der Waals surface area contributed by atoms with Gasteiger partial charge in [-0.3, -0.25) is 14.1 Å². The Labute approximate surface area is 232 Å². The predicted molar refractivity (Wildman–Crippen MR) is 150 cm³/mol. The predicted octanol–water partition coefficient (Wildman–Crippen LogP) is 4.05. The molecule has 40 heavy (non-hydrogen) atoms. The first-order valence-electron chi connectivity index (χ1n) is 13.1. The first kappa shape index (κ1) is 27.5. The summed E-state index contributed by atoms with van der Waals surface area (Å²) in [6.45, 7) is 7.06. The lowest BCUT2D eigenvalue weighted by molar-refractivity contribution is 0.0629. The average molecular weight is 550 g/mol. The minimum atomic E-state index is -1.06. The molecule has 1 aliphatic rings. The highest BCUT2D eigenvalue weighted by Crippen LogP contribution is 2.31. The number of imidazole rings is 1. The molecule has 1 saturated heterocycles.